The third-order valence-electron chi connectivity index (χ3n) is 4.57. The number of rotatable bonds is 6. The van der Waals surface area contributed by atoms with Crippen molar-refractivity contribution in [2.24, 2.45) is 5.92 Å². The number of urea groups is 1. The van der Waals surface area contributed by atoms with Crippen LogP contribution in [0, 0.1) is 5.92 Å². The smallest absolute Gasteiger partial charge is 0.317 e. The fraction of sp³-hybridized carbons (Fsp3) is 0.500. The summed E-state index contributed by atoms with van der Waals surface area (Å²) in [5.74, 6) is 0.563. The van der Waals surface area contributed by atoms with Crippen molar-refractivity contribution in [2.45, 2.75) is 25.9 Å². The zero-order chi connectivity index (χ0) is 17.5. The van der Waals surface area contributed by atoms with Crippen LogP contribution in [0.1, 0.15) is 23.4 Å². The standard InChI is InChI=1S/C18H25N5OS/c1-22(13-16-12-19-6-7-20-16)18(24)21-11-15-4-8-23(9-5-15)14-17-3-2-10-25-17/h2-3,6-7,10,12,15H,4-5,8-9,11,13-14H2,1H3,(H,21,24). The molecular formula is C18H25N5OS. The van der Waals surface area contributed by atoms with Gasteiger partial charge < -0.3 is 10.2 Å². The summed E-state index contributed by atoms with van der Waals surface area (Å²) in [5.41, 5.74) is 0.794. The molecule has 0 unspecified atom stereocenters. The van der Waals surface area contributed by atoms with Crippen LogP contribution in [0.15, 0.2) is 36.1 Å². The number of nitrogens with one attached hydrogen (secondary N) is 1. The minimum Gasteiger partial charge on any atom is -0.338 e. The van der Waals surface area contributed by atoms with Crippen molar-refractivity contribution >= 4 is 17.4 Å². The van der Waals surface area contributed by atoms with E-state index in [1.165, 1.54) is 4.88 Å². The number of nitrogens with zero attached hydrogens (tertiary/aromatic N) is 4. The Labute approximate surface area is 152 Å². The Morgan fingerprint density at radius 3 is 2.92 bits per heavy atom. The van der Waals surface area contributed by atoms with Crippen molar-refractivity contribution in [2.75, 3.05) is 26.7 Å². The topological polar surface area (TPSA) is 61.4 Å². The number of piperidine rings is 1. The highest BCUT2D eigenvalue weighted by molar-refractivity contribution is 7.09. The molecule has 3 rings (SSSR count). The van der Waals surface area contributed by atoms with E-state index in [9.17, 15) is 4.79 Å². The molecule has 0 spiro atoms. The van der Waals surface area contributed by atoms with Crippen LogP contribution >= 0.6 is 11.3 Å². The number of hydrogen-bond donors (Lipinski definition) is 1. The van der Waals surface area contributed by atoms with Gasteiger partial charge in [-0.2, -0.15) is 0 Å². The van der Waals surface area contributed by atoms with E-state index in [4.69, 9.17) is 0 Å². The van der Waals surface area contributed by atoms with Gasteiger partial charge in [-0.1, -0.05) is 6.07 Å². The average Bonchev–Trinajstić information content (AvgIpc) is 3.14. The van der Waals surface area contributed by atoms with E-state index in [1.807, 2.05) is 11.3 Å². The lowest BCUT2D eigenvalue weighted by Crippen LogP contribution is -2.42. The maximum absolute atomic E-state index is 12.2. The number of carbonyl (C=O) groups excluding carboxylic acids is 1. The van der Waals surface area contributed by atoms with Gasteiger partial charge >= 0.3 is 6.03 Å². The highest BCUT2D eigenvalue weighted by atomic mass is 32.1. The van der Waals surface area contributed by atoms with Crippen LogP contribution in [-0.4, -0.2) is 52.5 Å². The minimum atomic E-state index is -0.0494. The van der Waals surface area contributed by atoms with Gasteiger partial charge in [-0.05, 0) is 43.3 Å². The Morgan fingerprint density at radius 2 is 2.24 bits per heavy atom. The zero-order valence-corrected chi connectivity index (χ0v) is 15.4. The third kappa shape index (κ3) is 5.51. The fourth-order valence-corrected chi connectivity index (χ4v) is 3.81. The monoisotopic (exact) mass is 359 g/mol. The Bertz CT molecular complexity index is 641. The summed E-state index contributed by atoms with van der Waals surface area (Å²) in [6.45, 7) is 4.48. The largest absolute Gasteiger partial charge is 0.338 e. The Hall–Kier alpha value is -1.99. The van der Waals surface area contributed by atoms with Gasteiger partial charge in [-0.15, -0.1) is 11.3 Å². The predicted octanol–water partition coefficient (Wildman–Crippen LogP) is 2.59. The van der Waals surface area contributed by atoms with E-state index in [0.717, 1.165) is 44.7 Å². The number of amides is 2. The third-order valence-corrected chi connectivity index (χ3v) is 5.43. The molecule has 1 aliphatic rings. The van der Waals surface area contributed by atoms with Crippen molar-refractivity contribution in [1.29, 1.82) is 0 Å². The molecule has 2 aromatic heterocycles. The molecule has 7 heteroatoms. The molecule has 0 aromatic carbocycles. The average molecular weight is 359 g/mol. The highest BCUT2D eigenvalue weighted by Crippen LogP contribution is 2.20. The number of hydrogen-bond acceptors (Lipinski definition) is 5. The second-order valence-electron chi connectivity index (χ2n) is 6.54. The molecule has 1 aliphatic heterocycles. The van der Waals surface area contributed by atoms with Gasteiger partial charge in [-0.25, -0.2) is 4.79 Å². The van der Waals surface area contributed by atoms with Crippen molar-refractivity contribution < 1.29 is 4.79 Å². The Morgan fingerprint density at radius 1 is 1.40 bits per heavy atom. The van der Waals surface area contributed by atoms with Crippen molar-refractivity contribution in [3.63, 3.8) is 0 Å². The van der Waals surface area contributed by atoms with Crippen molar-refractivity contribution in [3.05, 3.63) is 46.7 Å². The number of aromatic nitrogens is 2. The maximum atomic E-state index is 12.2. The summed E-state index contributed by atoms with van der Waals surface area (Å²) < 4.78 is 0. The molecule has 0 atom stereocenters. The van der Waals surface area contributed by atoms with Gasteiger partial charge in [0, 0.05) is 37.4 Å². The maximum Gasteiger partial charge on any atom is 0.317 e. The van der Waals surface area contributed by atoms with Crippen LogP contribution in [-0.2, 0) is 13.1 Å². The second-order valence-corrected chi connectivity index (χ2v) is 7.57. The van der Waals surface area contributed by atoms with Gasteiger partial charge in [0.25, 0.3) is 0 Å². The fourth-order valence-electron chi connectivity index (χ4n) is 3.06. The normalized spacial score (nSPS) is 15.9. The number of carbonyl (C=O) groups is 1. The lowest BCUT2D eigenvalue weighted by atomic mass is 9.97. The lowest BCUT2D eigenvalue weighted by Gasteiger charge is -2.32. The summed E-state index contributed by atoms with van der Waals surface area (Å²) in [6.07, 6.45) is 7.24. The second kappa shape index (κ2) is 8.92. The van der Waals surface area contributed by atoms with Crippen LogP contribution in [0.2, 0.25) is 0 Å². The van der Waals surface area contributed by atoms with E-state index in [2.05, 4.69) is 37.7 Å². The van der Waals surface area contributed by atoms with E-state index < -0.39 is 0 Å². The molecule has 0 bridgehead atoms. The van der Waals surface area contributed by atoms with E-state index in [0.29, 0.717) is 12.5 Å². The highest BCUT2D eigenvalue weighted by Gasteiger charge is 2.20. The van der Waals surface area contributed by atoms with Crippen LogP contribution in [0.4, 0.5) is 4.79 Å². The summed E-state index contributed by atoms with van der Waals surface area (Å²) >= 11 is 1.82. The summed E-state index contributed by atoms with van der Waals surface area (Å²) in [4.78, 5) is 26.0. The molecule has 0 radical (unpaired) electrons. The van der Waals surface area contributed by atoms with Crippen LogP contribution in [0.25, 0.3) is 0 Å². The first-order valence-electron chi connectivity index (χ1n) is 8.69. The van der Waals surface area contributed by atoms with E-state index >= 15 is 0 Å². The molecule has 2 aromatic rings. The van der Waals surface area contributed by atoms with E-state index in [-0.39, 0.29) is 6.03 Å². The molecular weight excluding hydrogens is 334 g/mol. The molecule has 2 amide bonds. The number of likely N-dealkylation sites (tertiary alicyclic amines) is 1. The minimum absolute atomic E-state index is 0.0494. The van der Waals surface area contributed by atoms with Gasteiger partial charge in [0.2, 0.25) is 0 Å². The van der Waals surface area contributed by atoms with Crippen molar-refractivity contribution in [1.82, 2.24) is 25.1 Å². The molecule has 6 nitrogen and oxygen atoms in total. The Kier molecular flexibility index (Phi) is 6.36. The van der Waals surface area contributed by atoms with Gasteiger partial charge in [0.1, 0.15) is 0 Å². The van der Waals surface area contributed by atoms with E-state index in [1.54, 1.807) is 30.5 Å². The first-order chi connectivity index (χ1) is 12.2. The van der Waals surface area contributed by atoms with Gasteiger partial charge in [-0.3, -0.25) is 14.9 Å². The van der Waals surface area contributed by atoms with Gasteiger partial charge in [0.05, 0.1) is 18.4 Å². The lowest BCUT2D eigenvalue weighted by molar-refractivity contribution is 0.171. The molecule has 1 saturated heterocycles. The first-order valence-corrected chi connectivity index (χ1v) is 9.57. The Balaban J connectivity index is 1.35. The SMILES string of the molecule is CN(Cc1cnccn1)C(=O)NCC1CCN(Cc2cccs2)CC1. The van der Waals surface area contributed by atoms with Crippen LogP contribution < -0.4 is 5.32 Å². The summed E-state index contributed by atoms with van der Waals surface area (Å²) in [7, 11) is 1.79. The number of thiophene rings is 1. The zero-order valence-electron chi connectivity index (χ0n) is 14.6. The van der Waals surface area contributed by atoms with Crippen LogP contribution in [0.3, 0.4) is 0 Å². The molecule has 0 aliphatic carbocycles. The summed E-state index contributed by atoms with van der Waals surface area (Å²) in [6, 6.07) is 4.26. The molecule has 1 N–H and O–H groups in total. The first kappa shape index (κ1) is 17.8. The molecule has 3 heterocycles. The quantitative estimate of drug-likeness (QED) is 0.861. The molecule has 1 fully saturated rings. The molecule has 25 heavy (non-hydrogen) atoms. The molecule has 134 valence electrons. The molecule has 0 saturated carbocycles. The van der Waals surface area contributed by atoms with Crippen LogP contribution in [0.5, 0.6) is 0 Å². The predicted molar refractivity (Wildman–Crippen MR) is 99.2 cm³/mol. The summed E-state index contributed by atoms with van der Waals surface area (Å²) in [5, 5.41) is 5.19. The van der Waals surface area contributed by atoms with Gasteiger partial charge in [0.15, 0.2) is 0 Å². The van der Waals surface area contributed by atoms with Crippen molar-refractivity contribution in [3.8, 4) is 0 Å².